The second-order valence-corrected chi connectivity index (χ2v) is 8.23. The molecule has 0 radical (unpaired) electrons. The number of carbonyl (C=O) groups is 2. The Morgan fingerprint density at radius 2 is 1.61 bits per heavy atom. The lowest BCUT2D eigenvalue weighted by molar-refractivity contribution is -0.156. The number of benzene rings is 1. The molecule has 7 nitrogen and oxygen atoms in total. The van der Waals surface area contributed by atoms with Crippen LogP contribution in [-0.4, -0.2) is 62.1 Å². The van der Waals surface area contributed by atoms with E-state index in [0.29, 0.717) is 45.1 Å². The molecule has 33 heavy (non-hydrogen) atoms. The number of nitrogens with zero attached hydrogens (tertiary/aromatic N) is 1. The molecule has 1 atom stereocenters. The van der Waals surface area contributed by atoms with Gasteiger partial charge in [-0.05, 0) is 51.8 Å². The molecule has 7 heteroatoms. The van der Waals surface area contributed by atoms with Crippen molar-refractivity contribution in [2.75, 3.05) is 32.9 Å². The molecule has 0 aliphatic rings. The minimum atomic E-state index is -0.612. The average Bonchev–Trinajstić information content (AvgIpc) is 2.78. The number of rotatable bonds is 17. The molecule has 1 aromatic carbocycles. The zero-order valence-electron chi connectivity index (χ0n) is 21.1. The van der Waals surface area contributed by atoms with E-state index in [1.165, 1.54) is 19.3 Å². The summed E-state index contributed by atoms with van der Waals surface area (Å²) in [4.78, 5) is 26.2. The van der Waals surface area contributed by atoms with Crippen LogP contribution in [0.2, 0.25) is 0 Å². The van der Waals surface area contributed by atoms with Crippen molar-refractivity contribution in [3.63, 3.8) is 0 Å². The predicted molar refractivity (Wildman–Crippen MR) is 130 cm³/mol. The minimum Gasteiger partial charge on any atom is -0.492 e. The summed E-state index contributed by atoms with van der Waals surface area (Å²) in [6.07, 6.45) is 5.07. The van der Waals surface area contributed by atoms with Crippen molar-refractivity contribution in [2.45, 2.75) is 85.4 Å². The van der Waals surface area contributed by atoms with E-state index in [1.807, 2.05) is 45.0 Å². The first kappa shape index (κ1) is 28.8. The number of esters is 1. The molecule has 0 spiro atoms. The zero-order valence-corrected chi connectivity index (χ0v) is 21.1. The first-order chi connectivity index (χ1) is 15.9. The number of unbranched alkanes of at least 4 members (excludes halogenated alkanes) is 4. The third-order valence-corrected chi connectivity index (χ3v) is 5.02. The maximum Gasteiger partial charge on any atom is 0.410 e. The quantitative estimate of drug-likeness (QED) is 0.227. The van der Waals surface area contributed by atoms with Gasteiger partial charge in [-0.25, -0.2) is 9.59 Å². The van der Waals surface area contributed by atoms with Crippen LogP contribution < -0.4 is 4.74 Å². The standard InChI is InChI=1S/C26H43NO6/c1-6-9-10-11-12-17-27(26(29)33-21(4)5)18-19-32-23-15-13-22(14-16-23)20-24(30-7-2)25(28)31-8-3/h13-16,21,24H,6-12,17-20H2,1-5H3/t24-/m1/s1. The Bertz CT molecular complexity index is 661. The summed E-state index contributed by atoms with van der Waals surface area (Å²) in [5, 5.41) is 0. The van der Waals surface area contributed by atoms with E-state index >= 15 is 0 Å². The normalized spacial score (nSPS) is 11.8. The van der Waals surface area contributed by atoms with Crippen LogP contribution >= 0.6 is 0 Å². The summed E-state index contributed by atoms with van der Waals surface area (Å²) in [7, 11) is 0. The fourth-order valence-electron chi connectivity index (χ4n) is 3.33. The zero-order chi connectivity index (χ0) is 24.5. The largest absolute Gasteiger partial charge is 0.492 e. The molecule has 0 unspecified atom stereocenters. The molecular formula is C26H43NO6. The van der Waals surface area contributed by atoms with E-state index in [9.17, 15) is 9.59 Å². The van der Waals surface area contributed by atoms with Gasteiger partial charge in [-0.3, -0.25) is 0 Å². The van der Waals surface area contributed by atoms with E-state index in [-0.39, 0.29) is 18.2 Å². The fraction of sp³-hybridized carbons (Fsp3) is 0.692. The van der Waals surface area contributed by atoms with Crippen molar-refractivity contribution in [1.29, 1.82) is 0 Å². The Labute approximate surface area is 199 Å². The number of amides is 1. The van der Waals surface area contributed by atoms with Gasteiger partial charge in [-0.15, -0.1) is 0 Å². The Balaban J connectivity index is 2.56. The van der Waals surface area contributed by atoms with Crippen molar-refractivity contribution in [2.24, 2.45) is 0 Å². The average molecular weight is 466 g/mol. The van der Waals surface area contributed by atoms with Crippen molar-refractivity contribution < 1.29 is 28.5 Å². The summed E-state index contributed by atoms with van der Waals surface area (Å²) >= 11 is 0. The lowest BCUT2D eigenvalue weighted by Crippen LogP contribution is -2.37. The Morgan fingerprint density at radius 1 is 0.909 bits per heavy atom. The number of hydrogen-bond donors (Lipinski definition) is 0. The molecule has 0 fully saturated rings. The van der Waals surface area contributed by atoms with Gasteiger partial charge in [-0.1, -0.05) is 44.7 Å². The topological polar surface area (TPSA) is 74.3 Å². The van der Waals surface area contributed by atoms with Crippen molar-refractivity contribution >= 4 is 12.1 Å². The number of hydrogen-bond acceptors (Lipinski definition) is 6. The van der Waals surface area contributed by atoms with Gasteiger partial charge in [0, 0.05) is 19.6 Å². The summed E-state index contributed by atoms with van der Waals surface area (Å²) in [5.74, 6) is 0.366. The van der Waals surface area contributed by atoms with Gasteiger partial charge < -0.3 is 23.8 Å². The van der Waals surface area contributed by atoms with Crippen LogP contribution in [0.4, 0.5) is 4.79 Å². The SMILES string of the molecule is CCCCCCCN(CCOc1ccc(C[C@@H](OCC)C(=O)OCC)cc1)C(=O)OC(C)C. The molecule has 0 saturated heterocycles. The molecule has 0 aromatic heterocycles. The van der Waals surface area contributed by atoms with Crippen molar-refractivity contribution in [3.05, 3.63) is 29.8 Å². The first-order valence-electron chi connectivity index (χ1n) is 12.4. The monoisotopic (exact) mass is 465 g/mol. The van der Waals surface area contributed by atoms with E-state index in [2.05, 4.69) is 6.92 Å². The van der Waals surface area contributed by atoms with Gasteiger partial charge in [0.2, 0.25) is 0 Å². The Morgan fingerprint density at radius 3 is 2.21 bits per heavy atom. The third kappa shape index (κ3) is 12.5. The van der Waals surface area contributed by atoms with E-state index < -0.39 is 6.10 Å². The second-order valence-electron chi connectivity index (χ2n) is 8.23. The van der Waals surface area contributed by atoms with Gasteiger partial charge in [-0.2, -0.15) is 0 Å². The smallest absolute Gasteiger partial charge is 0.410 e. The highest BCUT2D eigenvalue weighted by molar-refractivity contribution is 5.75. The highest BCUT2D eigenvalue weighted by atomic mass is 16.6. The Hall–Kier alpha value is -2.28. The molecule has 1 rings (SSSR count). The van der Waals surface area contributed by atoms with Gasteiger partial charge in [0.05, 0.1) is 19.3 Å². The van der Waals surface area contributed by atoms with Crippen molar-refractivity contribution in [1.82, 2.24) is 4.90 Å². The highest BCUT2D eigenvalue weighted by Gasteiger charge is 2.20. The molecule has 0 aliphatic heterocycles. The summed E-state index contributed by atoms with van der Waals surface area (Å²) in [5.41, 5.74) is 0.961. The van der Waals surface area contributed by atoms with Gasteiger partial charge in [0.1, 0.15) is 12.4 Å². The molecule has 188 valence electrons. The van der Waals surface area contributed by atoms with Crippen LogP contribution in [-0.2, 0) is 25.4 Å². The third-order valence-electron chi connectivity index (χ3n) is 5.02. The summed E-state index contributed by atoms with van der Waals surface area (Å²) in [6, 6.07) is 7.56. The Kier molecular flexibility index (Phi) is 15.0. The number of carbonyl (C=O) groups excluding carboxylic acids is 2. The molecule has 0 bridgehead atoms. The second kappa shape index (κ2) is 17.2. The number of ether oxygens (including phenoxy) is 4. The molecule has 1 aromatic rings. The lowest BCUT2D eigenvalue weighted by Gasteiger charge is -2.23. The first-order valence-corrected chi connectivity index (χ1v) is 12.4. The highest BCUT2D eigenvalue weighted by Crippen LogP contribution is 2.15. The molecule has 0 saturated carbocycles. The maximum atomic E-state index is 12.4. The van der Waals surface area contributed by atoms with Crippen molar-refractivity contribution in [3.8, 4) is 5.75 Å². The maximum absolute atomic E-state index is 12.4. The van der Waals surface area contributed by atoms with Gasteiger partial charge >= 0.3 is 12.1 Å². The van der Waals surface area contributed by atoms with Crippen LogP contribution in [0, 0.1) is 0 Å². The van der Waals surface area contributed by atoms with E-state index in [0.717, 1.165) is 18.4 Å². The summed E-state index contributed by atoms with van der Waals surface area (Å²) < 4.78 is 21.9. The molecule has 0 aliphatic carbocycles. The molecule has 0 N–H and O–H groups in total. The lowest BCUT2D eigenvalue weighted by atomic mass is 10.1. The van der Waals surface area contributed by atoms with Gasteiger partial charge in [0.15, 0.2) is 6.10 Å². The fourth-order valence-corrected chi connectivity index (χ4v) is 3.33. The predicted octanol–water partition coefficient (Wildman–Crippen LogP) is 5.39. The molecule has 1 amide bonds. The van der Waals surface area contributed by atoms with E-state index in [1.54, 1.807) is 11.8 Å². The molecule has 0 heterocycles. The minimum absolute atomic E-state index is 0.149. The van der Waals surface area contributed by atoms with Crippen LogP contribution in [0.25, 0.3) is 0 Å². The van der Waals surface area contributed by atoms with Crippen LogP contribution in [0.3, 0.4) is 0 Å². The van der Waals surface area contributed by atoms with Crippen LogP contribution in [0.15, 0.2) is 24.3 Å². The molecular weight excluding hydrogens is 422 g/mol. The summed E-state index contributed by atoms with van der Waals surface area (Å²) in [6.45, 7) is 11.8. The van der Waals surface area contributed by atoms with Crippen LogP contribution in [0.5, 0.6) is 5.75 Å². The van der Waals surface area contributed by atoms with E-state index in [4.69, 9.17) is 18.9 Å². The van der Waals surface area contributed by atoms with Crippen LogP contribution in [0.1, 0.15) is 72.3 Å². The van der Waals surface area contributed by atoms with Gasteiger partial charge in [0.25, 0.3) is 0 Å².